The molecule has 1 aliphatic carbocycles. The minimum absolute atomic E-state index is 0.179. The second-order valence-electron chi connectivity index (χ2n) is 6.35. The first-order valence-corrected chi connectivity index (χ1v) is 7.34. The van der Waals surface area contributed by atoms with E-state index in [0.29, 0.717) is 0 Å². The molecule has 0 aromatic heterocycles. The number of hydrogen-bond acceptors (Lipinski definition) is 1. The van der Waals surface area contributed by atoms with E-state index in [-0.39, 0.29) is 5.54 Å². The van der Waals surface area contributed by atoms with Gasteiger partial charge in [-0.05, 0) is 37.5 Å². The van der Waals surface area contributed by atoms with Crippen molar-refractivity contribution in [1.29, 1.82) is 0 Å². The molecule has 96 valence electrons. The van der Waals surface area contributed by atoms with Crippen LogP contribution in [0.1, 0.15) is 78.6 Å². The van der Waals surface area contributed by atoms with Gasteiger partial charge in [-0.25, -0.2) is 0 Å². The van der Waals surface area contributed by atoms with Gasteiger partial charge in [0.15, 0.2) is 0 Å². The molecule has 1 nitrogen and oxygen atoms in total. The molecule has 0 heterocycles. The first kappa shape index (κ1) is 14.0. The molecular formula is C15H31N. The summed E-state index contributed by atoms with van der Waals surface area (Å²) in [5, 5.41) is 0. The second-order valence-corrected chi connectivity index (χ2v) is 6.35. The van der Waals surface area contributed by atoms with E-state index in [1.165, 1.54) is 57.8 Å². The number of rotatable bonds is 5. The lowest BCUT2D eigenvalue weighted by Crippen LogP contribution is -2.39. The fraction of sp³-hybridized carbons (Fsp3) is 1.00. The first-order chi connectivity index (χ1) is 7.56. The maximum atomic E-state index is 6.56. The Kier molecular flexibility index (Phi) is 5.82. The van der Waals surface area contributed by atoms with Crippen LogP contribution in [0.4, 0.5) is 0 Å². The fourth-order valence-corrected chi connectivity index (χ4v) is 3.02. The summed E-state index contributed by atoms with van der Waals surface area (Å²) in [5.41, 5.74) is 6.74. The molecule has 16 heavy (non-hydrogen) atoms. The van der Waals surface area contributed by atoms with Crippen molar-refractivity contribution >= 4 is 0 Å². The van der Waals surface area contributed by atoms with Gasteiger partial charge >= 0.3 is 0 Å². The summed E-state index contributed by atoms with van der Waals surface area (Å²) in [6.07, 6.45) is 11.9. The standard InChI is InChI=1S/C15H31N/c1-4-14-8-6-11-15(16,12-9-14)10-5-7-13(2)3/h13-14H,4-12,16H2,1-3H3. The molecule has 1 aliphatic rings. The third-order valence-corrected chi connectivity index (χ3v) is 4.37. The van der Waals surface area contributed by atoms with Crippen LogP contribution in [0, 0.1) is 11.8 Å². The molecule has 0 aromatic rings. The summed E-state index contributed by atoms with van der Waals surface area (Å²) in [6.45, 7) is 6.94. The van der Waals surface area contributed by atoms with Gasteiger partial charge < -0.3 is 5.73 Å². The highest BCUT2D eigenvalue weighted by atomic mass is 14.7. The SMILES string of the molecule is CCC1CCCC(N)(CCCC(C)C)CC1. The van der Waals surface area contributed by atoms with E-state index in [2.05, 4.69) is 20.8 Å². The summed E-state index contributed by atoms with van der Waals surface area (Å²) < 4.78 is 0. The Hall–Kier alpha value is -0.0400. The van der Waals surface area contributed by atoms with Crippen molar-refractivity contribution < 1.29 is 0 Å². The largest absolute Gasteiger partial charge is 0.325 e. The molecule has 1 rings (SSSR count). The van der Waals surface area contributed by atoms with E-state index in [1.54, 1.807) is 0 Å². The summed E-state index contributed by atoms with van der Waals surface area (Å²) in [6, 6.07) is 0. The molecule has 0 saturated heterocycles. The highest BCUT2D eigenvalue weighted by Crippen LogP contribution is 2.33. The van der Waals surface area contributed by atoms with Crippen molar-refractivity contribution in [2.45, 2.75) is 84.1 Å². The normalized spacial score (nSPS) is 31.7. The molecule has 0 bridgehead atoms. The van der Waals surface area contributed by atoms with E-state index < -0.39 is 0 Å². The smallest absolute Gasteiger partial charge is 0.0154 e. The van der Waals surface area contributed by atoms with E-state index in [0.717, 1.165) is 11.8 Å². The maximum absolute atomic E-state index is 6.56. The third-order valence-electron chi connectivity index (χ3n) is 4.37. The summed E-state index contributed by atoms with van der Waals surface area (Å²) in [5.74, 6) is 1.79. The van der Waals surface area contributed by atoms with E-state index >= 15 is 0 Å². The van der Waals surface area contributed by atoms with Gasteiger partial charge in [-0.3, -0.25) is 0 Å². The van der Waals surface area contributed by atoms with Crippen LogP contribution in [-0.2, 0) is 0 Å². The van der Waals surface area contributed by atoms with Crippen LogP contribution in [-0.4, -0.2) is 5.54 Å². The number of nitrogens with two attached hydrogens (primary N) is 1. The Labute approximate surface area is 102 Å². The first-order valence-electron chi connectivity index (χ1n) is 7.34. The van der Waals surface area contributed by atoms with Gasteiger partial charge in [0.25, 0.3) is 0 Å². The lowest BCUT2D eigenvalue weighted by atomic mass is 9.85. The van der Waals surface area contributed by atoms with Gasteiger partial charge in [-0.15, -0.1) is 0 Å². The average Bonchev–Trinajstić information content (AvgIpc) is 2.40. The molecule has 1 saturated carbocycles. The minimum Gasteiger partial charge on any atom is -0.325 e. The molecule has 0 aromatic carbocycles. The molecule has 0 spiro atoms. The monoisotopic (exact) mass is 225 g/mol. The fourth-order valence-electron chi connectivity index (χ4n) is 3.02. The van der Waals surface area contributed by atoms with Crippen LogP contribution < -0.4 is 5.73 Å². The van der Waals surface area contributed by atoms with Gasteiger partial charge in [-0.2, -0.15) is 0 Å². The van der Waals surface area contributed by atoms with Gasteiger partial charge in [0.1, 0.15) is 0 Å². The molecule has 0 radical (unpaired) electrons. The van der Waals surface area contributed by atoms with Gasteiger partial charge in [0, 0.05) is 5.54 Å². The summed E-state index contributed by atoms with van der Waals surface area (Å²) in [4.78, 5) is 0. The highest BCUT2D eigenvalue weighted by molar-refractivity contribution is 4.87. The quantitative estimate of drug-likeness (QED) is 0.685. The van der Waals surface area contributed by atoms with Crippen LogP contribution >= 0.6 is 0 Å². The van der Waals surface area contributed by atoms with E-state index in [1.807, 2.05) is 0 Å². The van der Waals surface area contributed by atoms with E-state index in [9.17, 15) is 0 Å². The van der Waals surface area contributed by atoms with Crippen LogP contribution in [0.3, 0.4) is 0 Å². The Morgan fingerprint density at radius 1 is 1.25 bits per heavy atom. The molecule has 2 N–H and O–H groups in total. The predicted molar refractivity (Wildman–Crippen MR) is 72.5 cm³/mol. The predicted octanol–water partition coefficient (Wildman–Crippen LogP) is 4.50. The Bertz CT molecular complexity index is 188. The molecular weight excluding hydrogens is 194 g/mol. The minimum atomic E-state index is 0.179. The third kappa shape index (κ3) is 4.86. The zero-order valence-corrected chi connectivity index (χ0v) is 11.6. The zero-order chi connectivity index (χ0) is 12.0. The van der Waals surface area contributed by atoms with Crippen LogP contribution in [0.5, 0.6) is 0 Å². The summed E-state index contributed by atoms with van der Waals surface area (Å²) in [7, 11) is 0. The van der Waals surface area contributed by atoms with Crippen molar-refractivity contribution in [3.63, 3.8) is 0 Å². The van der Waals surface area contributed by atoms with Crippen molar-refractivity contribution in [1.82, 2.24) is 0 Å². The Morgan fingerprint density at radius 3 is 2.62 bits per heavy atom. The molecule has 0 amide bonds. The van der Waals surface area contributed by atoms with Gasteiger partial charge in [0.2, 0.25) is 0 Å². The van der Waals surface area contributed by atoms with E-state index in [4.69, 9.17) is 5.73 Å². The Morgan fingerprint density at radius 2 is 2.00 bits per heavy atom. The Balaban J connectivity index is 2.32. The maximum Gasteiger partial charge on any atom is 0.0154 e. The molecule has 1 heteroatoms. The average molecular weight is 225 g/mol. The van der Waals surface area contributed by atoms with Crippen molar-refractivity contribution in [3.05, 3.63) is 0 Å². The summed E-state index contributed by atoms with van der Waals surface area (Å²) >= 11 is 0. The van der Waals surface area contributed by atoms with Gasteiger partial charge in [-0.1, -0.05) is 52.9 Å². The van der Waals surface area contributed by atoms with Crippen LogP contribution in [0.15, 0.2) is 0 Å². The topological polar surface area (TPSA) is 26.0 Å². The lowest BCUT2D eigenvalue weighted by Gasteiger charge is -2.28. The highest BCUT2D eigenvalue weighted by Gasteiger charge is 2.28. The molecule has 2 atom stereocenters. The van der Waals surface area contributed by atoms with Crippen LogP contribution in [0.2, 0.25) is 0 Å². The molecule has 1 fully saturated rings. The second kappa shape index (κ2) is 6.64. The lowest BCUT2D eigenvalue weighted by molar-refractivity contribution is 0.319. The van der Waals surface area contributed by atoms with Crippen molar-refractivity contribution in [2.24, 2.45) is 17.6 Å². The van der Waals surface area contributed by atoms with Gasteiger partial charge in [0.05, 0.1) is 0 Å². The van der Waals surface area contributed by atoms with Crippen molar-refractivity contribution in [3.8, 4) is 0 Å². The van der Waals surface area contributed by atoms with Crippen molar-refractivity contribution in [2.75, 3.05) is 0 Å². The molecule has 2 unspecified atom stereocenters. The molecule has 0 aliphatic heterocycles. The number of hydrogen-bond donors (Lipinski definition) is 1. The van der Waals surface area contributed by atoms with Crippen LogP contribution in [0.25, 0.3) is 0 Å². The zero-order valence-electron chi connectivity index (χ0n) is 11.6.